The van der Waals surface area contributed by atoms with Crippen molar-refractivity contribution in [2.75, 3.05) is 18.3 Å². The second kappa shape index (κ2) is 7.26. The first-order valence-corrected chi connectivity index (χ1v) is 12.3. The predicted octanol–water partition coefficient (Wildman–Crippen LogP) is 1.59. The Bertz CT molecular complexity index is 1160. The van der Waals surface area contributed by atoms with E-state index >= 15 is 0 Å². The largest absolute Gasteiger partial charge is 0.454 e. The van der Waals surface area contributed by atoms with Gasteiger partial charge < -0.3 is 14.8 Å². The monoisotopic (exact) mass is 441 g/mol. The third kappa shape index (κ3) is 3.96. The fraction of sp³-hybridized carbons (Fsp3) is 0.368. The van der Waals surface area contributed by atoms with Gasteiger partial charge in [-0.1, -0.05) is 6.07 Å². The van der Waals surface area contributed by atoms with Gasteiger partial charge >= 0.3 is 0 Å². The molecule has 2 aliphatic rings. The van der Waals surface area contributed by atoms with Crippen molar-refractivity contribution < 1.29 is 30.7 Å². The fourth-order valence-corrected chi connectivity index (χ4v) is 8.38. The SMILES string of the molecule is Cc1cc(S(=O)(=O)C2CS(=O)(=O)CC2NCc2ccc3c(c2)OCO3)ccc1F. The maximum atomic E-state index is 13.5. The van der Waals surface area contributed by atoms with E-state index in [0.717, 1.165) is 11.6 Å². The summed E-state index contributed by atoms with van der Waals surface area (Å²) in [5, 5.41) is 1.92. The molecule has 2 unspecified atom stereocenters. The van der Waals surface area contributed by atoms with Gasteiger partial charge in [-0.2, -0.15) is 0 Å². The molecular formula is C19H20FNO6S2. The number of rotatable bonds is 5. The summed E-state index contributed by atoms with van der Waals surface area (Å²) in [4.78, 5) is -0.0756. The molecule has 29 heavy (non-hydrogen) atoms. The number of hydrogen-bond acceptors (Lipinski definition) is 7. The molecule has 0 bridgehead atoms. The molecule has 0 spiro atoms. The Morgan fingerprint density at radius 2 is 1.86 bits per heavy atom. The Labute approximate surface area is 168 Å². The highest BCUT2D eigenvalue weighted by molar-refractivity contribution is 7.96. The zero-order chi connectivity index (χ0) is 20.8. The zero-order valence-electron chi connectivity index (χ0n) is 15.6. The van der Waals surface area contributed by atoms with Crippen LogP contribution in [0.3, 0.4) is 0 Å². The Kier molecular flexibility index (Phi) is 5.04. The van der Waals surface area contributed by atoms with Crippen molar-refractivity contribution in [3.63, 3.8) is 0 Å². The fourth-order valence-electron chi connectivity index (χ4n) is 3.58. The lowest BCUT2D eigenvalue weighted by atomic mass is 10.2. The first-order chi connectivity index (χ1) is 13.7. The lowest BCUT2D eigenvalue weighted by molar-refractivity contribution is 0.174. The smallest absolute Gasteiger partial charge is 0.231 e. The van der Waals surface area contributed by atoms with Gasteiger partial charge in [-0.25, -0.2) is 21.2 Å². The Morgan fingerprint density at radius 1 is 1.10 bits per heavy atom. The van der Waals surface area contributed by atoms with E-state index in [-0.39, 0.29) is 29.5 Å². The second-order valence-corrected chi connectivity index (χ2v) is 11.6. The second-order valence-electron chi connectivity index (χ2n) is 7.25. The number of aryl methyl sites for hydroxylation is 1. The number of benzene rings is 2. The van der Waals surface area contributed by atoms with Crippen LogP contribution in [0.25, 0.3) is 0 Å². The summed E-state index contributed by atoms with van der Waals surface area (Å²) in [5.74, 6) is -0.0364. The molecule has 2 atom stereocenters. The van der Waals surface area contributed by atoms with Crippen LogP contribution in [-0.2, 0) is 26.2 Å². The topological polar surface area (TPSA) is 98.8 Å². The van der Waals surface area contributed by atoms with Crippen molar-refractivity contribution >= 4 is 19.7 Å². The van der Waals surface area contributed by atoms with Gasteiger partial charge in [0.05, 0.1) is 21.7 Å². The van der Waals surface area contributed by atoms with Gasteiger partial charge in [-0.15, -0.1) is 0 Å². The number of fused-ring (bicyclic) bond motifs is 1. The van der Waals surface area contributed by atoms with Gasteiger partial charge in [0.15, 0.2) is 31.2 Å². The summed E-state index contributed by atoms with van der Waals surface area (Å²) in [7, 11) is -7.49. The van der Waals surface area contributed by atoms with Crippen LogP contribution >= 0.6 is 0 Å². The summed E-state index contributed by atoms with van der Waals surface area (Å²) in [6, 6.07) is 8.05. The van der Waals surface area contributed by atoms with Crippen LogP contribution in [0, 0.1) is 12.7 Å². The predicted molar refractivity (Wildman–Crippen MR) is 104 cm³/mol. The van der Waals surface area contributed by atoms with Crippen LogP contribution < -0.4 is 14.8 Å². The van der Waals surface area contributed by atoms with E-state index < -0.39 is 42.5 Å². The number of ether oxygens (including phenoxy) is 2. The highest BCUT2D eigenvalue weighted by Gasteiger charge is 2.45. The third-order valence-electron chi connectivity index (χ3n) is 5.16. The quantitative estimate of drug-likeness (QED) is 0.704. The van der Waals surface area contributed by atoms with Crippen LogP contribution in [0.2, 0.25) is 0 Å². The molecule has 2 heterocycles. The normalized spacial score (nSPS) is 22.7. The summed E-state index contributed by atoms with van der Waals surface area (Å²) in [6.45, 7) is 1.88. The van der Waals surface area contributed by atoms with E-state index in [4.69, 9.17) is 9.47 Å². The first-order valence-electron chi connectivity index (χ1n) is 8.98. The molecule has 10 heteroatoms. The van der Waals surface area contributed by atoms with Crippen molar-refractivity contribution in [2.24, 2.45) is 0 Å². The van der Waals surface area contributed by atoms with Crippen molar-refractivity contribution in [3.05, 3.63) is 53.3 Å². The van der Waals surface area contributed by atoms with Crippen LogP contribution in [0.4, 0.5) is 4.39 Å². The molecule has 2 aromatic rings. The summed E-state index contributed by atoms with van der Waals surface area (Å²) in [6.07, 6.45) is 0. The van der Waals surface area contributed by atoms with Gasteiger partial charge in [0.25, 0.3) is 0 Å². The minimum Gasteiger partial charge on any atom is -0.454 e. The summed E-state index contributed by atoms with van der Waals surface area (Å²) < 4.78 is 74.8. The van der Waals surface area contributed by atoms with Gasteiger partial charge in [0, 0.05) is 12.6 Å². The number of halogens is 1. The lowest BCUT2D eigenvalue weighted by Gasteiger charge is -2.20. The molecule has 2 aliphatic heterocycles. The maximum Gasteiger partial charge on any atom is 0.231 e. The van der Waals surface area contributed by atoms with Crippen LogP contribution in [0.1, 0.15) is 11.1 Å². The molecule has 4 rings (SSSR count). The standard InChI is InChI=1S/C19H20FNO6S2/c1-12-6-14(3-4-15(12)20)29(24,25)19-10-28(22,23)9-16(19)21-8-13-2-5-17-18(7-13)27-11-26-17/h2-7,16,19,21H,8-11H2,1H3. The van der Waals surface area contributed by atoms with E-state index in [1.54, 1.807) is 18.2 Å². The molecule has 1 saturated heterocycles. The van der Waals surface area contributed by atoms with Crippen LogP contribution in [-0.4, -0.2) is 46.4 Å². The molecule has 0 amide bonds. The van der Waals surface area contributed by atoms with E-state index in [1.807, 2.05) is 0 Å². The van der Waals surface area contributed by atoms with Gasteiger partial charge in [-0.3, -0.25) is 0 Å². The van der Waals surface area contributed by atoms with Crippen molar-refractivity contribution in [2.45, 2.75) is 29.7 Å². The Morgan fingerprint density at radius 3 is 2.62 bits per heavy atom. The highest BCUT2D eigenvalue weighted by Crippen LogP contribution is 2.33. The van der Waals surface area contributed by atoms with Crippen molar-refractivity contribution in [1.29, 1.82) is 0 Å². The molecule has 0 radical (unpaired) electrons. The van der Waals surface area contributed by atoms with Crippen LogP contribution in [0.5, 0.6) is 11.5 Å². The molecular weight excluding hydrogens is 421 g/mol. The average Bonchev–Trinajstić information content (AvgIpc) is 3.25. The molecule has 1 fully saturated rings. The van der Waals surface area contributed by atoms with Gasteiger partial charge in [-0.05, 0) is 48.4 Å². The molecule has 156 valence electrons. The Hall–Kier alpha value is -2.17. The summed E-state index contributed by atoms with van der Waals surface area (Å²) >= 11 is 0. The molecule has 0 aromatic heterocycles. The average molecular weight is 442 g/mol. The van der Waals surface area contributed by atoms with E-state index in [1.165, 1.54) is 19.1 Å². The van der Waals surface area contributed by atoms with E-state index in [0.29, 0.717) is 11.5 Å². The van der Waals surface area contributed by atoms with Gasteiger partial charge in [0.2, 0.25) is 6.79 Å². The maximum absolute atomic E-state index is 13.5. The number of nitrogens with one attached hydrogen (secondary N) is 1. The van der Waals surface area contributed by atoms with Crippen LogP contribution in [0.15, 0.2) is 41.3 Å². The lowest BCUT2D eigenvalue weighted by Crippen LogP contribution is -2.43. The number of sulfone groups is 2. The first kappa shape index (κ1) is 20.1. The molecule has 0 saturated carbocycles. The van der Waals surface area contributed by atoms with E-state index in [9.17, 15) is 21.2 Å². The Balaban J connectivity index is 1.57. The minimum atomic E-state index is -3.97. The zero-order valence-corrected chi connectivity index (χ0v) is 17.2. The summed E-state index contributed by atoms with van der Waals surface area (Å²) in [5.41, 5.74) is 1.00. The van der Waals surface area contributed by atoms with E-state index in [2.05, 4.69) is 5.32 Å². The number of hydrogen-bond donors (Lipinski definition) is 1. The van der Waals surface area contributed by atoms with Gasteiger partial charge in [0.1, 0.15) is 5.82 Å². The van der Waals surface area contributed by atoms with Crippen molar-refractivity contribution in [1.82, 2.24) is 5.32 Å². The molecule has 7 nitrogen and oxygen atoms in total. The molecule has 0 aliphatic carbocycles. The van der Waals surface area contributed by atoms with Crippen molar-refractivity contribution in [3.8, 4) is 11.5 Å². The third-order valence-corrected chi connectivity index (χ3v) is 9.31. The molecule has 1 N–H and O–H groups in total. The molecule has 2 aromatic carbocycles. The minimum absolute atomic E-state index is 0.0756. The highest BCUT2D eigenvalue weighted by atomic mass is 32.2.